The molecule has 1 amide bonds. The van der Waals surface area contributed by atoms with Gasteiger partial charge in [0, 0.05) is 18.0 Å². The quantitative estimate of drug-likeness (QED) is 0.488. The molecule has 2 aliphatic heterocycles. The van der Waals surface area contributed by atoms with Crippen molar-refractivity contribution in [1.29, 1.82) is 0 Å². The van der Waals surface area contributed by atoms with Crippen LogP contribution in [0.3, 0.4) is 0 Å². The van der Waals surface area contributed by atoms with Gasteiger partial charge in [-0.1, -0.05) is 54.6 Å². The molecule has 2 saturated heterocycles. The summed E-state index contributed by atoms with van der Waals surface area (Å²) in [5, 5.41) is 11.1. The van der Waals surface area contributed by atoms with Gasteiger partial charge in [0.25, 0.3) is 0 Å². The largest absolute Gasteiger partial charge is 0.448 e. The van der Waals surface area contributed by atoms with Gasteiger partial charge in [0.15, 0.2) is 0 Å². The first-order valence-corrected chi connectivity index (χ1v) is 11.6. The van der Waals surface area contributed by atoms with E-state index < -0.39 is 5.60 Å². The predicted molar refractivity (Wildman–Crippen MR) is 122 cm³/mol. The van der Waals surface area contributed by atoms with Gasteiger partial charge in [0.2, 0.25) is 0 Å². The summed E-state index contributed by atoms with van der Waals surface area (Å²) < 4.78 is 5.92. The Labute approximate surface area is 184 Å². The lowest BCUT2D eigenvalue weighted by Crippen LogP contribution is -2.53. The Kier molecular flexibility index (Phi) is 5.35. The molecule has 2 aromatic carbocycles. The lowest BCUT2D eigenvalue weighted by Gasteiger charge is -2.43. The number of piperidine rings is 1. The van der Waals surface area contributed by atoms with Crippen LogP contribution in [0.5, 0.6) is 0 Å². The molecule has 31 heavy (non-hydrogen) atoms. The molecular weight excluding hydrogens is 386 g/mol. The average molecular weight is 418 g/mol. The van der Waals surface area contributed by atoms with Crippen molar-refractivity contribution in [3.05, 3.63) is 72.3 Å². The summed E-state index contributed by atoms with van der Waals surface area (Å²) in [6, 6.07) is 17.0. The zero-order chi connectivity index (χ0) is 21.4. The number of unbranched alkanes of at least 4 members (excludes halogenated alkanes) is 1. The molecule has 4 heteroatoms. The average Bonchev–Trinajstić information content (AvgIpc) is 3.25. The van der Waals surface area contributed by atoms with E-state index in [2.05, 4.69) is 55.1 Å². The second-order valence-electron chi connectivity index (χ2n) is 9.41. The number of allylic oxidation sites excluding steroid dienone is 1. The van der Waals surface area contributed by atoms with Crippen LogP contribution in [0.15, 0.2) is 61.2 Å². The third-order valence-electron chi connectivity index (χ3n) is 7.45. The molecule has 162 valence electrons. The Morgan fingerprint density at radius 1 is 1.06 bits per heavy atom. The van der Waals surface area contributed by atoms with E-state index in [0.717, 1.165) is 32.1 Å². The summed E-state index contributed by atoms with van der Waals surface area (Å²) in [7, 11) is 0. The number of hydrogen-bond acceptors (Lipinski definition) is 3. The Bertz CT molecular complexity index is 924. The molecule has 2 atom stereocenters. The van der Waals surface area contributed by atoms with Crippen LogP contribution in [0.4, 0.5) is 4.79 Å². The van der Waals surface area contributed by atoms with Gasteiger partial charge in [-0.15, -0.1) is 6.58 Å². The second-order valence-corrected chi connectivity index (χ2v) is 9.41. The molecule has 2 heterocycles. The SMILES string of the molecule is C=CCCCC1(O)CC2CCC(C1)N2C(=O)OCC1c2ccccc2-c2ccccc21. The van der Waals surface area contributed by atoms with Crippen molar-refractivity contribution in [2.24, 2.45) is 0 Å². The van der Waals surface area contributed by atoms with Crippen molar-refractivity contribution in [3.8, 4) is 11.1 Å². The van der Waals surface area contributed by atoms with Crippen LogP contribution in [0.1, 0.15) is 62.0 Å². The van der Waals surface area contributed by atoms with Crippen molar-refractivity contribution in [2.45, 2.75) is 68.5 Å². The van der Waals surface area contributed by atoms with Crippen LogP contribution >= 0.6 is 0 Å². The number of carbonyl (C=O) groups excluding carboxylic acids is 1. The third kappa shape index (κ3) is 3.67. The van der Waals surface area contributed by atoms with Crippen LogP contribution in [0.25, 0.3) is 11.1 Å². The maximum Gasteiger partial charge on any atom is 0.410 e. The van der Waals surface area contributed by atoms with Crippen LogP contribution < -0.4 is 0 Å². The summed E-state index contributed by atoms with van der Waals surface area (Å²) in [6.07, 6.45) is 7.57. The minimum atomic E-state index is -0.658. The van der Waals surface area contributed by atoms with Gasteiger partial charge >= 0.3 is 6.09 Å². The van der Waals surface area contributed by atoms with Crippen LogP contribution in [0.2, 0.25) is 0 Å². The minimum Gasteiger partial charge on any atom is -0.448 e. The lowest BCUT2D eigenvalue weighted by atomic mass is 9.82. The molecule has 5 rings (SSSR count). The highest BCUT2D eigenvalue weighted by Crippen LogP contribution is 2.46. The molecule has 2 bridgehead atoms. The number of rotatable bonds is 6. The number of fused-ring (bicyclic) bond motifs is 5. The highest BCUT2D eigenvalue weighted by molar-refractivity contribution is 5.79. The summed E-state index contributed by atoms with van der Waals surface area (Å²) in [5.41, 5.74) is 4.28. The Morgan fingerprint density at radius 2 is 1.65 bits per heavy atom. The number of amides is 1. The van der Waals surface area contributed by atoms with E-state index in [1.165, 1.54) is 22.3 Å². The molecule has 0 aromatic heterocycles. The van der Waals surface area contributed by atoms with Crippen LogP contribution in [-0.2, 0) is 4.74 Å². The van der Waals surface area contributed by atoms with Crippen LogP contribution in [0, 0.1) is 0 Å². The van der Waals surface area contributed by atoms with Crippen LogP contribution in [-0.4, -0.2) is 40.4 Å². The summed E-state index contributed by atoms with van der Waals surface area (Å²) in [4.78, 5) is 15.0. The van der Waals surface area contributed by atoms with E-state index in [1.54, 1.807) is 0 Å². The van der Waals surface area contributed by atoms with E-state index in [0.29, 0.717) is 19.4 Å². The van der Waals surface area contributed by atoms with Gasteiger partial charge in [-0.05, 0) is 67.2 Å². The molecule has 2 aromatic rings. The first kappa shape index (κ1) is 20.3. The molecule has 1 N–H and O–H groups in total. The first-order chi connectivity index (χ1) is 15.1. The fourth-order valence-corrected chi connectivity index (χ4v) is 6.07. The van der Waals surface area contributed by atoms with E-state index in [9.17, 15) is 9.90 Å². The number of benzene rings is 2. The number of ether oxygens (including phenoxy) is 1. The highest BCUT2D eigenvalue weighted by Gasteiger charge is 2.49. The van der Waals surface area contributed by atoms with Gasteiger partial charge in [0.05, 0.1) is 5.60 Å². The summed E-state index contributed by atoms with van der Waals surface area (Å²) in [6.45, 7) is 4.13. The zero-order valence-corrected chi connectivity index (χ0v) is 18.0. The zero-order valence-electron chi connectivity index (χ0n) is 18.0. The smallest absolute Gasteiger partial charge is 0.410 e. The van der Waals surface area contributed by atoms with Crippen molar-refractivity contribution >= 4 is 6.09 Å². The molecular formula is C27H31NO3. The molecule has 1 aliphatic carbocycles. The normalized spacial score (nSPS) is 26.4. The van der Waals surface area contributed by atoms with Crippen molar-refractivity contribution in [1.82, 2.24) is 4.90 Å². The van der Waals surface area contributed by atoms with E-state index in [4.69, 9.17) is 4.74 Å². The standard InChI is InChI=1S/C27H31NO3/c1-2-3-8-15-27(30)16-19-13-14-20(17-27)28(19)26(29)31-18-25-23-11-6-4-9-21(23)22-10-5-7-12-24(22)25/h2,4-7,9-12,19-20,25,30H,1,3,8,13-18H2. The van der Waals surface area contributed by atoms with E-state index >= 15 is 0 Å². The predicted octanol–water partition coefficient (Wildman–Crippen LogP) is 5.65. The maximum absolute atomic E-state index is 13.1. The Balaban J connectivity index is 1.27. The van der Waals surface area contributed by atoms with Gasteiger partial charge < -0.3 is 14.7 Å². The minimum absolute atomic E-state index is 0.0784. The van der Waals surface area contributed by atoms with Crippen molar-refractivity contribution in [3.63, 3.8) is 0 Å². The molecule has 0 radical (unpaired) electrons. The first-order valence-electron chi connectivity index (χ1n) is 11.6. The Hall–Kier alpha value is -2.59. The number of aliphatic hydroxyl groups is 1. The summed E-state index contributed by atoms with van der Waals surface area (Å²) >= 11 is 0. The third-order valence-corrected chi connectivity index (χ3v) is 7.45. The second kappa shape index (κ2) is 8.16. The van der Waals surface area contributed by atoms with E-state index in [1.807, 2.05) is 11.0 Å². The monoisotopic (exact) mass is 417 g/mol. The number of nitrogens with zero attached hydrogens (tertiary/aromatic N) is 1. The maximum atomic E-state index is 13.1. The molecule has 0 saturated carbocycles. The highest BCUT2D eigenvalue weighted by atomic mass is 16.6. The Morgan fingerprint density at radius 3 is 2.23 bits per heavy atom. The number of hydrogen-bond donors (Lipinski definition) is 1. The molecule has 0 spiro atoms. The van der Waals surface area contributed by atoms with Crippen molar-refractivity contribution in [2.75, 3.05) is 6.61 Å². The molecule has 3 aliphatic rings. The molecule has 2 fully saturated rings. The van der Waals surface area contributed by atoms with Gasteiger partial charge in [0.1, 0.15) is 6.61 Å². The van der Waals surface area contributed by atoms with Gasteiger partial charge in [-0.2, -0.15) is 0 Å². The fraction of sp³-hybridized carbons (Fsp3) is 0.444. The molecule has 4 nitrogen and oxygen atoms in total. The molecule has 2 unspecified atom stereocenters. The van der Waals surface area contributed by atoms with Gasteiger partial charge in [-0.25, -0.2) is 4.79 Å². The lowest BCUT2D eigenvalue weighted by molar-refractivity contribution is -0.0544. The number of carbonyl (C=O) groups is 1. The topological polar surface area (TPSA) is 49.8 Å². The van der Waals surface area contributed by atoms with Gasteiger partial charge in [-0.3, -0.25) is 0 Å². The van der Waals surface area contributed by atoms with E-state index in [-0.39, 0.29) is 24.1 Å². The van der Waals surface area contributed by atoms with Crippen molar-refractivity contribution < 1.29 is 14.6 Å². The summed E-state index contributed by atoms with van der Waals surface area (Å²) in [5.74, 6) is 0.0784. The fourth-order valence-electron chi connectivity index (χ4n) is 6.07.